The minimum Gasteiger partial charge on any atom is -0.465 e. The molecule has 1 aliphatic heterocycles. The van der Waals surface area contributed by atoms with Gasteiger partial charge >= 0.3 is 6.09 Å². The van der Waals surface area contributed by atoms with Crippen molar-refractivity contribution in [1.29, 1.82) is 0 Å². The molecule has 1 aliphatic rings. The monoisotopic (exact) mass is 366 g/mol. The highest BCUT2D eigenvalue weighted by Gasteiger charge is 2.25. The molecule has 3 rings (SSSR count). The van der Waals surface area contributed by atoms with Gasteiger partial charge in [0.1, 0.15) is 12.1 Å². The van der Waals surface area contributed by atoms with Gasteiger partial charge in [-0.05, 0) is 28.9 Å². The molecule has 0 aromatic carbocycles. The number of rotatable bonds is 2. The number of fused-ring (bicyclic) bond motifs is 1. The van der Waals surface area contributed by atoms with Gasteiger partial charge < -0.3 is 14.9 Å². The third-order valence-electron chi connectivity index (χ3n) is 3.85. The number of amides is 1. The van der Waals surface area contributed by atoms with Gasteiger partial charge in [-0.15, -0.1) is 0 Å². The fraction of sp³-hybridized carbons (Fsp3) is 0.357. The quantitative estimate of drug-likeness (QED) is 0.823. The maximum Gasteiger partial charge on any atom is 0.407 e. The van der Waals surface area contributed by atoms with E-state index in [1.54, 1.807) is 18.6 Å². The van der Waals surface area contributed by atoms with Crippen molar-refractivity contribution in [2.75, 3.05) is 31.1 Å². The van der Waals surface area contributed by atoms with Crippen LogP contribution in [0.4, 0.5) is 10.6 Å². The topological polar surface area (TPSA) is 78.2 Å². The van der Waals surface area contributed by atoms with Gasteiger partial charge in [0.25, 0.3) is 0 Å². The van der Waals surface area contributed by atoms with Crippen LogP contribution in [0.25, 0.3) is 5.52 Å². The van der Waals surface area contributed by atoms with E-state index in [0.29, 0.717) is 31.7 Å². The molecule has 0 atom stereocenters. The maximum atomic E-state index is 12.0. The van der Waals surface area contributed by atoms with Crippen LogP contribution in [0, 0.1) is 0 Å². The summed E-state index contributed by atoms with van der Waals surface area (Å²) in [7, 11) is 0. The molecule has 1 saturated heterocycles. The lowest BCUT2D eigenvalue weighted by molar-refractivity contribution is 0.101. The molecule has 22 heavy (non-hydrogen) atoms. The summed E-state index contributed by atoms with van der Waals surface area (Å²) in [5.74, 6) is 0.736. The number of carbonyl (C=O) groups excluding carboxylic acids is 1. The van der Waals surface area contributed by atoms with Crippen LogP contribution in [-0.4, -0.2) is 57.4 Å². The Bertz CT molecular complexity index is 750. The number of carboxylic acid groups (broad SMARTS) is 1. The van der Waals surface area contributed by atoms with Crippen molar-refractivity contribution in [3.63, 3.8) is 0 Å². The number of carbonyl (C=O) groups is 2. The Balaban J connectivity index is 2.04. The third-order valence-corrected chi connectivity index (χ3v) is 4.49. The second kappa shape index (κ2) is 5.60. The van der Waals surface area contributed by atoms with Crippen molar-refractivity contribution in [3.05, 3.63) is 28.6 Å². The average molecular weight is 367 g/mol. The number of pyridine rings is 1. The molecule has 0 bridgehead atoms. The molecule has 2 aromatic rings. The molecule has 1 amide bonds. The minimum absolute atomic E-state index is 0.0352. The number of imidazole rings is 1. The van der Waals surface area contributed by atoms with E-state index in [2.05, 4.69) is 20.9 Å². The average Bonchev–Trinajstić information content (AvgIpc) is 2.97. The van der Waals surface area contributed by atoms with Gasteiger partial charge in [0.2, 0.25) is 0 Å². The molecule has 1 fully saturated rings. The first-order valence-electron chi connectivity index (χ1n) is 6.87. The Morgan fingerprint density at radius 3 is 2.55 bits per heavy atom. The number of halogens is 1. The van der Waals surface area contributed by atoms with Crippen LogP contribution >= 0.6 is 15.9 Å². The Labute approximate surface area is 135 Å². The number of piperazine rings is 1. The summed E-state index contributed by atoms with van der Waals surface area (Å²) in [6.45, 7) is 3.45. The molecule has 7 nitrogen and oxygen atoms in total. The summed E-state index contributed by atoms with van der Waals surface area (Å²) in [6.07, 6.45) is 2.49. The van der Waals surface area contributed by atoms with Crippen LogP contribution in [0.5, 0.6) is 0 Å². The van der Waals surface area contributed by atoms with E-state index in [4.69, 9.17) is 5.11 Å². The van der Waals surface area contributed by atoms with Gasteiger partial charge in [-0.3, -0.25) is 9.20 Å². The standard InChI is InChI=1S/C14H15BrN4O3/c1-9(20)10-6-11(15)12-7-16-8-19(12)13(10)17-2-4-18(5-3-17)14(21)22/h6-8H,2-5H2,1H3,(H,21,22). The van der Waals surface area contributed by atoms with Crippen LogP contribution in [0.15, 0.2) is 23.1 Å². The molecular weight excluding hydrogens is 352 g/mol. The summed E-state index contributed by atoms with van der Waals surface area (Å²) in [5, 5.41) is 9.04. The highest BCUT2D eigenvalue weighted by Crippen LogP contribution is 2.30. The van der Waals surface area contributed by atoms with E-state index in [1.807, 2.05) is 9.30 Å². The number of Topliss-reactive ketones (excluding diaryl/α,β-unsaturated/α-hetero) is 1. The Morgan fingerprint density at radius 1 is 1.27 bits per heavy atom. The molecule has 3 heterocycles. The molecule has 8 heteroatoms. The van der Waals surface area contributed by atoms with Crippen molar-refractivity contribution < 1.29 is 14.7 Å². The van der Waals surface area contributed by atoms with Crippen LogP contribution in [0.1, 0.15) is 17.3 Å². The summed E-state index contributed by atoms with van der Waals surface area (Å²) < 4.78 is 2.68. The van der Waals surface area contributed by atoms with Crippen molar-refractivity contribution in [2.45, 2.75) is 6.92 Å². The van der Waals surface area contributed by atoms with Crippen LogP contribution in [0.2, 0.25) is 0 Å². The molecule has 0 saturated carbocycles. The van der Waals surface area contributed by atoms with Gasteiger partial charge in [-0.2, -0.15) is 0 Å². The summed E-state index contributed by atoms with van der Waals surface area (Å²) in [5.41, 5.74) is 1.47. The zero-order valence-electron chi connectivity index (χ0n) is 12.0. The van der Waals surface area contributed by atoms with Gasteiger partial charge in [0.05, 0.1) is 17.3 Å². The highest BCUT2D eigenvalue weighted by atomic mass is 79.9. The first kappa shape index (κ1) is 14.8. The zero-order chi connectivity index (χ0) is 15.9. The highest BCUT2D eigenvalue weighted by molar-refractivity contribution is 9.10. The number of hydrogen-bond donors (Lipinski definition) is 1. The van der Waals surface area contributed by atoms with Gasteiger partial charge in [0, 0.05) is 30.7 Å². The fourth-order valence-corrected chi connectivity index (χ4v) is 3.25. The summed E-state index contributed by atoms with van der Waals surface area (Å²) >= 11 is 3.46. The predicted molar refractivity (Wildman–Crippen MR) is 84.7 cm³/mol. The lowest BCUT2D eigenvalue weighted by Crippen LogP contribution is -2.49. The second-order valence-corrected chi connectivity index (χ2v) is 6.05. The first-order valence-corrected chi connectivity index (χ1v) is 7.66. The normalized spacial score (nSPS) is 15.4. The van der Waals surface area contributed by atoms with Crippen molar-refractivity contribution in [3.8, 4) is 0 Å². The number of anilines is 1. The van der Waals surface area contributed by atoms with Gasteiger partial charge in [-0.25, -0.2) is 9.78 Å². The van der Waals surface area contributed by atoms with Gasteiger partial charge in [0.15, 0.2) is 5.78 Å². The molecule has 116 valence electrons. The van der Waals surface area contributed by atoms with Gasteiger partial charge in [-0.1, -0.05) is 0 Å². The largest absolute Gasteiger partial charge is 0.465 e. The molecular formula is C14H15BrN4O3. The maximum absolute atomic E-state index is 12.0. The second-order valence-electron chi connectivity index (χ2n) is 5.19. The van der Waals surface area contributed by atoms with E-state index in [-0.39, 0.29) is 5.78 Å². The van der Waals surface area contributed by atoms with E-state index in [1.165, 1.54) is 11.8 Å². The molecule has 2 aromatic heterocycles. The summed E-state index contributed by atoms with van der Waals surface area (Å²) in [4.78, 5) is 30.6. The zero-order valence-corrected chi connectivity index (χ0v) is 13.6. The Morgan fingerprint density at radius 2 is 1.95 bits per heavy atom. The molecule has 0 aliphatic carbocycles. The molecule has 0 spiro atoms. The van der Waals surface area contributed by atoms with E-state index < -0.39 is 6.09 Å². The molecule has 1 N–H and O–H groups in total. The van der Waals surface area contributed by atoms with E-state index in [0.717, 1.165) is 15.8 Å². The van der Waals surface area contributed by atoms with Crippen LogP contribution in [-0.2, 0) is 0 Å². The summed E-state index contributed by atoms with van der Waals surface area (Å²) in [6, 6.07) is 1.80. The van der Waals surface area contributed by atoms with Crippen LogP contribution in [0.3, 0.4) is 0 Å². The number of nitrogens with zero attached hydrogens (tertiary/aromatic N) is 4. The van der Waals surface area contributed by atoms with E-state index >= 15 is 0 Å². The molecule has 0 radical (unpaired) electrons. The Hall–Kier alpha value is -2.09. The van der Waals surface area contributed by atoms with Crippen molar-refractivity contribution >= 4 is 39.1 Å². The minimum atomic E-state index is -0.907. The SMILES string of the molecule is CC(=O)c1cc(Br)c2cncn2c1N1CCN(C(=O)O)CC1. The van der Waals surface area contributed by atoms with Crippen molar-refractivity contribution in [2.24, 2.45) is 0 Å². The van der Waals surface area contributed by atoms with Crippen molar-refractivity contribution in [1.82, 2.24) is 14.3 Å². The number of ketones is 1. The lowest BCUT2D eigenvalue weighted by Gasteiger charge is -2.35. The lowest BCUT2D eigenvalue weighted by atomic mass is 10.1. The third kappa shape index (κ3) is 2.43. The Kier molecular flexibility index (Phi) is 3.78. The first-order chi connectivity index (χ1) is 10.5. The number of aromatic nitrogens is 2. The smallest absolute Gasteiger partial charge is 0.407 e. The molecule has 0 unspecified atom stereocenters. The van der Waals surface area contributed by atoms with E-state index in [9.17, 15) is 9.59 Å². The fourth-order valence-electron chi connectivity index (χ4n) is 2.73. The van der Waals surface area contributed by atoms with Crippen LogP contribution < -0.4 is 4.90 Å². The number of hydrogen-bond acceptors (Lipinski definition) is 4. The predicted octanol–water partition coefficient (Wildman–Crippen LogP) is 2.10.